The summed E-state index contributed by atoms with van der Waals surface area (Å²) >= 11 is 0. The molecule has 0 aliphatic carbocycles. The Kier molecular flexibility index (Phi) is 3.19. The van der Waals surface area contributed by atoms with Crippen LogP contribution in [0, 0.1) is 6.92 Å². The molecule has 0 aromatic carbocycles. The highest BCUT2D eigenvalue weighted by Gasteiger charge is 2.29. The van der Waals surface area contributed by atoms with Crippen molar-refractivity contribution in [2.75, 3.05) is 6.54 Å². The minimum absolute atomic E-state index is 0.0787. The molecule has 2 unspecified atom stereocenters. The smallest absolute Gasteiger partial charge is 0.257 e. The van der Waals surface area contributed by atoms with Crippen molar-refractivity contribution in [3.63, 3.8) is 0 Å². The van der Waals surface area contributed by atoms with Crippen molar-refractivity contribution in [3.05, 3.63) is 17.5 Å². The predicted molar refractivity (Wildman–Crippen MR) is 65.7 cm³/mol. The number of aromatic nitrogens is 2. The molecule has 1 amide bonds. The van der Waals surface area contributed by atoms with Crippen LogP contribution in [0.25, 0.3) is 0 Å². The Balaban J connectivity index is 2.18. The number of carbonyl (C=O) groups is 1. The van der Waals surface area contributed by atoms with Gasteiger partial charge < -0.3 is 10.6 Å². The number of likely N-dealkylation sites (tertiary alicyclic amines) is 1. The highest BCUT2D eigenvalue weighted by molar-refractivity contribution is 5.95. The largest absolute Gasteiger partial charge is 0.336 e. The van der Waals surface area contributed by atoms with Gasteiger partial charge in [-0.2, -0.15) is 5.10 Å². The minimum atomic E-state index is 0.0787. The molecule has 2 heterocycles. The first kappa shape index (κ1) is 12.1. The lowest BCUT2D eigenvalue weighted by atomic mass is 9.98. The number of rotatable bonds is 1. The molecule has 2 rings (SSSR count). The zero-order chi connectivity index (χ0) is 12.6. The van der Waals surface area contributed by atoms with Crippen LogP contribution < -0.4 is 5.73 Å². The highest BCUT2D eigenvalue weighted by atomic mass is 16.2. The fourth-order valence-corrected chi connectivity index (χ4v) is 2.37. The van der Waals surface area contributed by atoms with E-state index in [-0.39, 0.29) is 18.0 Å². The Bertz CT molecular complexity index is 426. The number of hydrogen-bond donors (Lipinski definition) is 1. The Hall–Kier alpha value is -1.36. The molecule has 17 heavy (non-hydrogen) atoms. The third-order valence-corrected chi connectivity index (χ3v) is 3.64. The van der Waals surface area contributed by atoms with Crippen molar-refractivity contribution in [3.8, 4) is 0 Å². The standard InChI is InChI=1S/C12H20N4O/c1-8-6-10(13)4-5-16(8)12(17)11-7-14-15(3)9(11)2/h7-8,10H,4-6,13H2,1-3H3. The van der Waals surface area contributed by atoms with Gasteiger partial charge in [0.1, 0.15) is 0 Å². The van der Waals surface area contributed by atoms with Gasteiger partial charge in [0.25, 0.3) is 5.91 Å². The third kappa shape index (κ3) is 2.20. The first-order valence-electron chi connectivity index (χ1n) is 6.06. The Morgan fingerprint density at radius 1 is 1.59 bits per heavy atom. The van der Waals surface area contributed by atoms with Gasteiger partial charge in [-0.25, -0.2) is 0 Å². The van der Waals surface area contributed by atoms with E-state index in [0.29, 0.717) is 5.56 Å². The Morgan fingerprint density at radius 3 is 2.82 bits per heavy atom. The number of hydrogen-bond acceptors (Lipinski definition) is 3. The van der Waals surface area contributed by atoms with Gasteiger partial charge in [-0.05, 0) is 26.7 Å². The second kappa shape index (κ2) is 4.49. The summed E-state index contributed by atoms with van der Waals surface area (Å²) in [5.41, 5.74) is 7.52. The lowest BCUT2D eigenvalue weighted by Crippen LogP contribution is -2.48. The van der Waals surface area contributed by atoms with Crippen LogP contribution >= 0.6 is 0 Å². The molecule has 5 nitrogen and oxygen atoms in total. The van der Waals surface area contributed by atoms with E-state index < -0.39 is 0 Å². The molecule has 1 fully saturated rings. The topological polar surface area (TPSA) is 64.2 Å². The van der Waals surface area contributed by atoms with Crippen molar-refractivity contribution in [2.24, 2.45) is 12.8 Å². The molecule has 5 heteroatoms. The average molecular weight is 236 g/mol. The van der Waals surface area contributed by atoms with E-state index in [1.54, 1.807) is 10.9 Å². The molecule has 0 spiro atoms. The maximum Gasteiger partial charge on any atom is 0.257 e. The Labute approximate surface area is 102 Å². The molecular weight excluding hydrogens is 216 g/mol. The maximum atomic E-state index is 12.4. The van der Waals surface area contributed by atoms with E-state index in [1.807, 2.05) is 18.9 Å². The molecule has 1 aliphatic heterocycles. The minimum Gasteiger partial charge on any atom is -0.336 e. The van der Waals surface area contributed by atoms with Gasteiger partial charge in [0.05, 0.1) is 11.8 Å². The summed E-state index contributed by atoms with van der Waals surface area (Å²) in [7, 11) is 1.85. The molecule has 0 bridgehead atoms. The van der Waals surface area contributed by atoms with E-state index in [0.717, 1.165) is 25.1 Å². The molecule has 94 valence electrons. The normalized spacial score (nSPS) is 25.1. The lowest BCUT2D eigenvalue weighted by Gasteiger charge is -2.36. The average Bonchev–Trinajstić information content (AvgIpc) is 2.59. The van der Waals surface area contributed by atoms with E-state index in [9.17, 15) is 4.79 Å². The molecule has 2 N–H and O–H groups in total. The number of aryl methyl sites for hydroxylation is 1. The first-order valence-corrected chi connectivity index (χ1v) is 6.06. The van der Waals surface area contributed by atoms with E-state index >= 15 is 0 Å². The maximum absolute atomic E-state index is 12.4. The predicted octanol–water partition coefficient (Wildman–Crippen LogP) is 0.680. The molecule has 2 atom stereocenters. The second-order valence-electron chi connectivity index (χ2n) is 4.90. The summed E-state index contributed by atoms with van der Waals surface area (Å²) in [6.07, 6.45) is 3.42. The van der Waals surface area contributed by atoms with Crippen LogP contribution in [0.5, 0.6) is 0 Å². The number of nitrogens with zero attached hydrogens (tertiary/aromatic N) is 3. The van der Waals surface area contributed by atoms with Crippen molar-refractivity contribution in [1.29, 1.82) is 0 Å². The molecule has 1 aromatic heterocycles. The van der Waals surface area contributed by atoms with Crippen LogP contribution in [-0.4, -0.2) is 39.2 Å². The molecule has 0 saturated carbocycles. The third-order valence-electron chi connectivity index (χ3n) is 3.64. The summed E-state index contributed by atoms with van der Waals surface area (Å²) < 4.78 is 1.73. The Morgan fingerprint density at radius 2 is 2.29 bits per heavy atom. The van der Waals surface area contributed by atoms with Crippen LogP contribution in [0.4, 0.5) is 0 Å². The van der Waals surface area contributed by atoms with Gasteiger partial charge in [-0.1, -0.05) is 0 Å². The number of piperidine rings is 1. The molecule has 1 aromatic rings. The summed E-state index contributed by atoms with van der Waals surface area (Å²) in [6, 6.07) is 0.440. The van der Waals surface area contributed by atoms with E-state index in [2.05, 4.69) is 12.0 Å². The van der Waals surface area contributed by atoms with Crippen molar-refractivity contribution < 1.29 is 4.79 Å². The molecule has 1 saturated heterocycles. The van der Waals surface area contributed by atoms with Gasteiger partial charge >= 0.3 is 0 Å². The zero-order valence-electron chi connectivity index (χ0n) is 10.7. The van der Waals surface area contributed by atoms with E-state index in [4.69, 9.17) is 5.73 Å². The van der Waals surface area contributed by atoms with Crippen LogP contribution in [0.1, 0.15) is 35.8 Å². The van der Waals surface area contributed by atoms with Crippen LogP contribution in [0.2, 0.25) is 0 Å². The van der Waals surface area contributed by atoms with Crippen LogP contribution in [-0.2, 0) is 7.05 Å². The van der Waals surface area contributed by atoms with Crippen LogP contribution in [0.15, 0.2) is 6.20 Å². The van der Waals surface area contributed by atoms with E-state index in [1.165, 1.54) is 0 Å². The summed E-state index contributed by atoms with van der Waals surface area (Å²) in [4.78, 5) is 14.3. The van der Waals surface area contributed by atoms with Crippen molar-refractivity contribution in [2.45, 2.75) is 38.8 Å². The quantitative estimate of drug-likeness (QED) is 0.780. The second-order valence-corrected chi connectivity index (χ2v) is 4.90. The number of carbonyl (C=O) groups excluding carboxylic acids is 1. The lowest BCUT2D eigenvalue weighted by molar-refractivity contribution is 0.0618. The fourth-order valence-electron chi connectivity index (χ4n) is 2.37. The number of amides is 1. The van der Waals surface area contributed by atoms with Gasteiger partial charge in [0.15, 0.2) is 0 Å². The molecule has 0 radical (unpaired) electrons. The van der Waals surface area contributed by atoms with Gasteiger partial charge in [-0.15, -0.1) is 0 Å². The van der Waals surface area contributed by atoms with Gasteiger partial charge in [0.2, 0.25) is 0 Å². The monoisotopic (exact) mass is 236 g/mol. The molecule has 1 aliphatic rings. The highest BCUT2D eigenvalue weighted by Crippen LogP contribution is 2.19. The van der Waals surface area contributed by atoms with Crippen molar-refractivity contribution in [1.82, 2.24) is 14.7 Å². The van der Waals surface area contributed by atoms with Crippen molar-refractivity contribution >= 4 is 5.91 Å². The number of nitrogens with two attached hydrogens (primary N) is 1. The summed E-state index contributed by atoms with van der Waals surface area (Å²) in [5, 5.41) is 4.12. The molecular formula is C12H20N4O. The fraction of sp³-hybridized carbons (Fsp3) is 0.667. The SMILES string of the molecule is Cc1c(C(=O)N2CCC(N)CC2C)cnn1C. The van der Waals surface area contributed by atoms with Gasteiger partial charge in [0, 0.05) is 31.4 Å². The van der Waals surface area contributed by atoms with Gasteiger partial charge in [-0.3, -0.25) is 9.48 Å². The first-order chi connectivity index (χ1) is 8.00. The zero-order valence-corrected chi connectivity index (χ0v) is 10.7. The summed E-state index contributed by atoms with van der Waals surface area (Å²) in [6.45, 7) is 4.72. The van der Waals surface area contributed by atoms with Crippen LogP contribution in [0.3, 0.4) is 0 Å². The summed E-state index contributed by atoms with van der Waals surface area (Å²) in [5.74, 6) is 0.0787.